The fourth-order valence-corrected chi connectivity index (χ4v) is 3.22. The van der Waals surface area contributed by atoms with Crippen LogP contribution in [0.2, 0.25) is 0 Å². The molecule has 2 aromatic carbocycles. The Kier molecular flexibility index (Phi) is 3.75. The van der Waals surface area contributed by atoms with E-state index in [4.69, 9.17) is 0 Å². The maximum atomic E-state index is 9.65. The molecule has 2 heteroatoms. The Hall–Kier alpha value is -1.80. The third-order valence-corrected chi connectivity index (χ3v) is 4.25. The molecule has 0 bridgehead atoms. The highest BCUT2D eigenvalue weighted by Gasteiger charge is 2.31. The number of nitrogens with zero attached hydrogens (tertiary/aromatic N) is 1. The van der Waals surface area contributed by atoms with E-state index in [2.05, 4.69) is 60.4 Å². The number of aliphatic hydroxyl groups is 1. The number of hydrogen-bond donors (Lipinski definition) is 1. The summed E-state index contributed by atoms with van der Waals surface area (Å²) in [5, 5.41) is 9.65. The van der Waals surface area contributed by atoms with Gasteiger partial charge in [-0.2, -0.15) is 0 Å². The molecule has 3 rings (SSSR count). The Morgan fingerprint density at radius 1 is 1.10 bits per heavy atom. The van der Waals surface area contributed by atoms with Crippen molar-refractivity contribution in [2.45, 2.75) is 19.4 Å². The van der Waals surface area contributed by atoms with Crippen molar-refractivity contribution in [2.24, 2.45) is 5.92 Å². The number of fused-ring (bicyclic) bond motifs is 1. The molecule has 20 heavy (non-hydrogen) atoms. The SMILES string of the molecule is C[C@@H](CO)[C@@H]1c2ccccc2CCN1c1ccccc1. The van der Waals surface area contributed by atoms with E-state index < -0.39 is 0 Å². The van der Waals surface area contributed by atoms with Crippen LogP contribution in [0.5, 0.6) is 0 Å². The van der Waals surface area contributed by atoms with Crippen molar-refractivity contribution in [2.75, 3.05) is 18.1 Å². The fraction of sp³-hybridized carbons (Fsp3) is 0.333. The number of para-hydroxylation sites is 1. The van der Waals surface area contributed by atoms with Crippen molar-refractivity contribution >= 4 is 5.69 Å². The van der Waals surface area contributed by atoms with Crippen LogP contribution in [0.4, 0.5) is 5.69 Å². The standard InChI is InChI=1S/C18H21NO/c1-14(13-20)18-17-10-6-5-7-15(17)11-12-19(18)16-8-3-2-4-9-16/h2-10,14,18,20H,11-13H2,1H3/t14-,18+/m0/s1. The van der Waals surface area contributed by atoms with E-state index in [1.54, 1.807) is 0 Å². The number of benzene rings is 2. The van der Waals surface area contributed by atoms with Gasteiger partial charge in [0.25, 0.3) is 0 Å². The number of aliphatic hydroxyl groups excluding tert-OH is 1. The monoisotopic (exact) mass is 267 g/mol. The van der Waals surface area contributed by atoms with Crippen LogP contribution in [0.1, 0.15) is 24.1 Å². The van der Waals surface area contributed by atoms with Crippen LogP contribution in [0.15, 0.2) is 54.6 Å². The quantitative estimate of drug-likeness (QED) is 0.921. The highest BCUT2D eigenvalue weighted by atomic mass is 16.3. The molecule has 0 amide bonds. The van der Waals surface area contributed by atoms with Gasteiger partial charge < -0.3 is 10.0 Å². The molecule has 2 nitrogen and oxygen atoms in total. The van der Waals surface area contributed by atoms with E-state index in [0.717, 1.165) is 13.0 Å². The lowest BCUT2D eigenvalue weighted by Crippen LogP contribution is -2.39. The maximum Gasteiger partial charge on any atom is 0.0592 e. The highest BCUT2D eigenvalue weighted by Crippen LogP contribution is 2.38. The van der Waals surface area contributed by atoms with Crippen molar-refractivity contribution in [3.05, 3.63) is 65.7 Å². The number of anilines is 1. The van der Waals surface area contributed by atoms with Crippen LogP contribution in [-0.4, -0.2) is 18.3 Å². The molecule has 0 spiro atoms. The minimum atomic E-state index is 0.211. The molecule has 0 saturated carbocycles. The Labute approximate surface area is 120 Å². The van der Waals surface area contributed by atoms with Gasteiger partial charge in [0.1, 0.15) is 0 Å². The summed E-state index contributed by atoms with van der Waals surface area (Å²) in [5.41, 5.74) is 4.03. The van der Waals surface area contributed by atoms with Crippen LogP contribution in [0.25, 0.3) is 0 Å². The van der Waals surface area contributed by atoms with Gasteiger partial charge in [-0.05, 0) is 29.7 Å². The van der Waals surface area contributed by atoms with Gasteiger partial charge in [0.2, 0.25) is 0 Å². The molecule has 0 radical (unpaired) electrons. The molecule has 0 unspecified atom stereocenters. The molecular weight excluding hydrogens is 246 g/mol. The van der Waals surface area contributed by atoms with E-state index in [-0.39, 0.29) is 18.6 Å². The minimum absolute atomic E-state index is 0.211. The second kappa shape index (κ2) is 5.68. The molecular formula is C18H21NO. The second-order valence-electron chi connectivity index (χ2n) is 5.58. The summed E-state index contributed by atoms with van der Waals surface area (Å²) in [6.45, 7) is 3.35. The Morgan fingerprint density at radius 2 is 1.80 bits per heavy atom. The largest absolute Gasteiger partial charge is 0.396 e. The molecule has 1 heterocycles. The zero-order valence-electron chi connectivity index (χ0n) is 11.9. The summed E-state index contributed by atoms with van der Waals surface area (Å²) in [5.74, 6) is 0.219. The van der Waals surface area contributed by atoms with Gasteiger partial charge in [0.05, 0.1) is 6.04 Å². The average molecular weight is 267 g/mol. The smallest absolute Gasteiger partial charge is 0.0592 e. The first-order valence-electron chi connectivity index (χ1n) is 7.31. The Morgan fingerprint density at radius 3 is 2.55 bits per heavy atom. The summed E-state index contributed by atoms with van der Waals surface area (Å²) in [6, 6.07) is 19.4. The summed E-state index contributed by atoms with van der Waals surface area (Å²) >= 11 is 0. The predicted molar refractivity (Wildman–Crippen MR) is 82.9 cm³/mol. The maximum absolute atomic E-state index is 9.65. The second-order valence-corrected chi connectivity index (χ2v) is 5.58. The first-order chi connectivity index (χ1) is 9.81. The summed E-state index contributed by atoms with van der Waals surface area (Å²) < 4.78 is 0. The number of rotatable bonds is 3. The van der Waals surface area contributed by atoms with Gasteiger partial charge in [-0.1, -0.05) is 49.4 Å². The van der Waals surface area contributed by atoms with E-state index in [0.29, 0.717) is 0 Å². The first-order valence-corrected chi connectivity index (χ1v) is 7.31. The Balaban J connectivity index is 2.04. The van der Waals surface area contributed by atoms with E-state index in [1.165, 1.54) is 16.8 Å². The van der Waals surface area contributed by atoms with Crippen LogP contribution in [0, 0.1) is 5.92 Å². The normalized spacial score (nSPS) is 19.5. The van der Waals surface area contributed by atoms with E-state index in [1.807, 2.05) is 6.07 Å². The molecule has 2 atom stereocenters. The number of hydrogen-bond acceptors (Lipinski definition) is 2. The fourth-order valence-electron chi connectivity index (χ4n) is 3.22. The van der Waals surface area contributed by atoms with Gasteiger partial charge in [-0.3, -0.25) is 0 Å². The van der Waals surface area contributed by atoms with Gasteiger partial charge in [0, 0.05) is 24.8 Å². The average Bonchev–Trinajstić information content (AvgIpc) is 2.54. The van der Waals surface area contributed by atoms with Crippen LogP contribution in [-0.2, 0) is 6.42 Å². The molecule has 0 aromatic heterocycles. The van der Waals surface area contributed by atoms with Gasteiger partial charge in [0.15, 0.2) is 0 Å². The first kappa shape index (κ1) is 13.2. The van der Waals surface area contributed by atoms with E-state index >= 15 is 0 Å². The molecule has 104 valence electrons. The molecule has 2 aromatic rings. The topological polar surface area (TPSA) is 23.5 Å². The highest BCUT2D eigenvalue weighted by molar-refractivity contribution is 5.52. The van der Waals surface area contributed by atoms with Gasteiger partial charge in [-0.25, -0.2) is 0 Å². The summed E-state index contributed by atoms with van der Waals surface area (Å²) in [7, 11) is 0. The lowest BCUT2D eigenvalue weighted by Gasteiger charge is -2.41. The zero-order chi connectivity index (χ0) is 13.9. The van der Waals surface area contributed by atoms with Gasteiger partial charge >= 0.3 is 0 Å². The lowest BCUT2D eigenvalue weighted by atomic mass is 9.85. The Bertz CT molecular complexity index is 567. The lowest BCUT2D eigenvalue weighted by molar-refractivity contribution is 0.210. The van der Waals surface area contributed by atoms with E-state index in [9.17, 15) is 5.11 Å². The third kappa shape index (κ3) is 2.32. The van der Waals surface area contributed by atoms with Crippen LogP contribution in [0.3, 0.4) is 0 Å². The zero-order valence-corrected chi connectivity index (χ0v) is 11.9. The van der Waals surface area contributed by atoms with Crippen molar-refractivity contribution < 1.29 is 5.11 Å². The molecule has 1 aliphatic rings. The molecule has 0 aliphatic carbocycles. The van der Waals surface area contributed by atoms with Crippen molar-refractivity contribution in [1.82, 2.24) is 0 Å². The summed E-state index contributed by atoms with van der Waals surface area (Å²) in [4.78, 5) is 2.43. The molecule has 0 saturated heterocycles. The van der Waals surface area contributed by atoms with Crippen LogP contribution < -0.4 is 4.90 Å². The van der Waals surface area contributed by atoms with Gasteiger partial charge in [-0.15, -0.1) is 0 Å². The minimum Gasteiger partial charge on any atom is -0.396 e. The van der Waals surface area contributed by atoms with Crippen molar-refractivity contribution in [1.29, 1.82) is 0 Å². The van der Waals surface area contributed by atoms with Crippen molar-refractivity contribution in [3.63, 3.8) is 0 Å². The molecule has 0 fully saturated rings. The third-order valence-electron chi connectivity index (χ3n) is 4.25. The van der Waals surface area contributed by atoms with Crippen molar-refractivity contribution in [3.8, 4) is 0 Å². The van der Waals surface area contributed by atoms with Crippen LogP contribution >= 0.6 is 0 Å². The predicted octanol–water partition coefficient (Wildman–Crippen LogP) is 3.42. The molecule has 1 aliphatic heterocycles. The summed E-state index contributed by atoms with van der Waals surface area (Å²) in [6.07, 6.45) is 1.07. The molecule has 1 N–H and O–H groups in total.